The lowest BCUT2D eigenvalue weighted by Gasteiger charge is -2.10. The molecule has 0 atom stereocenters. The topological polar surface area (TPSA) is 140 Å². The molecule has 10 nitrogen and oxygen atoms in total. The number of nitrogens with zero attached hydrogens (tertiary/aromatic N) is 2. The molecule has 0 saturated carbocycles. The summed E-state index contributed by atoms with van der Waals surface area (Å²) in [5, 5.41) is 17.2. The van der Waals surface area contributed by atoms with Crippen LogP contribution in [0.1, 0.15) is 34.0 Å². The van der Waals surface area contributed by atoms with Gasteiger partial charge in [0.25, 0.3) is 5.69 Å². The second kappa shape index (κ2) is 10.8. The normalized spacial score (nSPS) is 10.9. The van der Waals surface area contributed by atoms with Crippen LogP contribution in [0, 0.1) is 24.0 Å². The molecule has 10 heteroatoms. The summed E-state index contributed by atoms with van der Waals surface area (Å²) < 4.78 is 5.43. The quantitative estimate of drug-likeness (QED) is 0.139. The molecule has 3 aromatic rings. The van der Waals surface area contributed by atoms with Gasteiger partial charge >= 0.3 is 17.8 Å². The summed E-state index contributed by atoms with van der Waals surface area (Å²) >= 11 is 0. The van der Waals surface area contributed by atoms with Crippen LogP contribution in [0.5, 0.6) is 5.75 Å². The summed E-state index contributed by atoms with van der Waals surface area (Å²) in [7, 11) is 0. The molecule has 35 heavy (non-hydrogen) atoms. The molecule has 3 aromatic carbocycles. The summed E-state index contributed by atoms with van der Waals surface area (Å²) in [5.74, 6) is -2.42. The van der Waals surface area contributed by atoms with Gasteiger partial charge in [0.15, 0.2) is 0 Å². The predicted octanol–water partition coefficient (Wildman–Crippen LogP) is 3.91. The minimum absolute atomic E-state index is 0.122. The largest absolute Gasteiger partial charge is 0.422 e. The van der Waals surface area contributed by atoms with Crippen molar-refractivity contribution in [2.45, 2.75) is 20.8 Å². The number of hydrazone groups is 1. The van der Waals surface area contributed by atoms with Crippen molar-refractivity contribution >= 4 is 34.9 Å². The maximum Gasteiger partial charge on any atom is 0.343 e. The number of para-hydroxylation sites is 1. The zero-order valence-electron chi connectivity index (χ0n) is 19.2. The van der Waals surface area contributed by atoms with Gasteiger partial charge in [-0.2, -0.15) is 5.10 Å². The lowest BCUT2D eigenvalue weighted by molar-refractivity contribution is -0.384. The number of esters is 1. The molecule has 0 radical (unpaired) electrons. The highest BCUT2D eigenvalue weighted by Gasteiger charge is 2.16. The molecule has 2 amide bonds. The number of hydrogen-bond donors (Lipinski definition) is 2. The van der Waals surface area contributed by atoms with Crippen molar-refractivity contribution in [2.24, 2.45) is 5.10 Å². The first-order chi connectivity index (χ1) is 16.7. The lowest BCUT2D eigenvalue weighted by Crippen LogP contribution is -2.33. The Labute approximate surface area is 200 Å². The fourth-order valence-corrected chi connectivity index (χ4v) is 2.99. The highest BCUT2D eigenvalue weighted by atomic mass is 16.6. The van der Waals surface area contributed by atoms with E-state index in [0.717, 1.165) is 11.1 Å². The van der Waals surface area contributed by atoms with E-state index in [1.807, 2.05) is 19.9 Å². The second-order valence-electron chi connectivity index (χ2n) is 7.58. The Kier molecular flexibility index (Phi) is 7.67. The summed E-state index contributed by atoms with van der Waals surface area (Å²) in [5.41, 5.74) is 5.35. The first-order valence-corrected chi connectivity index (χ1v) is 10.4. The van der Waals surface area contributed by atoms with Crippen molar-refractivity contribution in [3.05, 3.63) is 99.1 Å². The first-order valence-electron chi connectivity index (χ1n) is 10.4. The Morgan fingerprint density at radius 2 is 1.60 bits per heavy atom. The molecule has 2 N–H and O–H groups in total. The van der Waals surface area contributed by atoms with Gasteiger partial charge in [-0.15, -0.1) is 0 Å². The third kappa shape index (κ3) is 6.35. The Balaban J connectivity index is 1.68. The molecule has 0 aromatic heterocycles. The third-order valence-corrected chi connectivity index (χ3v) is 5.09. The van der Waals surface area contributed by atoms with Crippen LogP contribution in [-0.4, -0.2) is 28.4 Å². The fourth-order valence-electron chi connectivity index (χ4n) is 2.99. The maximum atomic E-state index is 12.5. The number of nitro groups is 1. The van der Waals surface area contributed by atoms with Crippen LogP contribution in [0.2, 0.25) is 0 Å². The number of rotatable bonds is 6. The van der Waals surface area contributed by atoms with E-state index in [0.29, 0.717) is 11.3 Å². The number of nitrogens with one attached hydrogen (secondary N) is 2. The fraction of sp³-hybridized carbons (Fsp3) is 0.120. The number of carbonyl (C=O) groups is 3. The van der Waals surface area contributed by atoms with Crippen LogP contribution in [0.3, 0.4) is 0 Å². The van der Waals surface area contributed by atoms with Crippen LogP contribution in [0.15, 0.2) is 71.8 Å². The first kappa shape index (κ1) is 24.8. The second-order valence-corrected chi connectivity index (χ2v) is 7.58. The average molecular weight is 474 g/mol. The van der Waals surface area contributed by atoms with Crippen LogP contribution >= 0.6 is 0 Å². The van der Waals surface area contributed by atoms with E-state index < -0.39 is 22.7 Å². The van der Waals surface area contributed by atoms with Crippen molar-refractivity contribution in [1.82, 2.24) is 5.43 Å². The highest BCUT2D eigenvalue weighted by molar-refractivity contribution is 6.39. The van der Waals surface area contributed by atoms with Gasteiger partial charge in [-0.3, -0.25) is 19.7 Å². The van der Waals surface area contributed by atoms with Crippen molar-refractivity contribution in [3.63, 3.8) is 0 Å². The number of benzene rings is 3. The summed E-state index contributed by atoms with van der Waals surface area (Å²) in [6, 6.07) is 16.8. The number of nitro benzene ring substituents is 1. The summed E-state index contributed by atoms with van der Waals surface area (Å²) in [6.07, 6.45) is 0. The number of carbonyl (C=O) groups excluding carboxylic acids is 3. The molecule has 0 aliphatic rings. The minimum Gasteiger partial charge on any atom is -0.422 e. The zero-order chi connectivity index (χ0) is 25.5. The van der Waals surface area contributed by atoms with Crippen LogP contribution < -0.4 is 15.5 Å². The van der Waals surface area contributed by atoms with Crippen molar-refractivity contribution in [2.75, 3.05) is 5.32 Å². The van der Waals surface area contributed by atoms with Crippen molar-refractivity contribution < 1.29 is 24.0 Å². The Bertz CT molecular complexity index is 1330. The molecule has 0 heterocycles. The van der Waals surface area contributed by atoms with Gasteiger partial charge in [-0.25, -0.2) is 10.2 Å². The van der Waals surface area contributed by atoms with Crippen molar-refractivity contribution in [1.29, 1.82) is 0 Å². The van der Waals surface area contributed by atoms with Gasteiger partial charge in [0, 0.05) is 23.4 Å². The average Bonchev–Trinajstić information content (AvgIpc) is 2.84. The van der Waals surface area contributed by atoms with E-state index in [1.165, 1.54) is 30.3 Å². The molecular weight excluding hydrogens is 452 g/mol. The van der Waals surface area contributed by atoms with E-state index in [1.54, 1.807) is 37.3 Å². The number of hydrogen-bond acceptors (Lipinski definition) is 7. The van der Waals surface area contributed by atoms with Crippen LogP contribution in [0.25, 0.3) is 0 Å². The van der Waals surface area contributed by atoms with Gasteiger partial charge in [-0.05, 0) is 68.3 Å². The number of anilines is 1. The number of amides is 2. The summed E-state index contributed by atoms with van der Waals surface area (Å²) in [6.45, 7) is 5.40. The molecule has 0 spiro atoms. The Morgan fingerprint density at radius 3 is 2.26 bits per heavy atom. The van der Waals surface area contributed by atoms with Gasteiger partial charge in [-0.1, -0.05) is 18.2 Å². The highest BCUT2D eigenvalue weighted by Crippen LogP contribution is 2.21. The molecule has 178 valence electrons. The van der Waals surface area contributed by atoms with Gasteiger partial charge in [0.05, 0.1) is 16.2 Å². The Morgan fingerprint density at radius 1 is 0.914 bits per heavy atom. The number of aryl methyl sites for hydroxylation is 2. The van der Waals surface area contributed by atoms with Crippen LogP contribution in [0.4, 0.5) is 11.4 Å². The lowest BCUT2D eigenvalue weighted by atomic mass is 10.1. The third-order valence-electron chi connectivity index (χ3n) is 5.09. The van der Waals surface area contributed by atoms with E-state index >= 15 is 0 Å². The van der Waals surface area contributed by atoms with E-state index in [4.69, 9.17) is 4.74 Å². The summed E-state index contributed by atoms with van der Waals surface area (Å²) in [4.78, 5) is 47.1. The molecule has 0 saturated heterocycles. The molecule has 3 rings (SSSR count). The standard InChI is InChI=1S/C25H22N4O6/c1-15-8-11-19(14-16(15)2)26-23(30)24(31)28-27-17(3)21-6-4-5-7-22(21)35-25(32)18-9-12-20(13-10-18)29(33)34/h4-14H,1-3H3,(H,26,30)(H,28,31)/b27-17+. The Hall–Kier alpha value is -4.86. The van der Waals surface area contributed by atoms with Gasteiger partial charge in [0.1, 0.15) is 5.75 Å². The molecule has 0 aliphatic heterocycles. The smallest absolute Gasteiger partial charge is 0.343 e. The van der Waals surface area contributed by atoms with Crippen molar-refractivity contribution in [3.8, 4) is 5.75 Å². The minimum atomic E-state index is -0.970. The molecule has 0 fully saturated rings. The predicted molar refractivity (Wildman–Crippen MR) is 129 cm³/mol. The monoisotopic (exact) mass is 474 g/mol. The van der Waals surface area contributed by atoms with Gasteiger partial charge in [0.2, 0.25) is 0 Å². The van der Waals surface area contributed by atoms with E-state index in [-0.39, 0.29) is 22.7 Å². The molecular formula is C25H22N4O6. The number of non-ortho nitro benzene ring substituents is 1. The number of ether oxygens (including phenoxy) is 1. The molecule has 0 bridgehead atoms. The molecule has 0 aliphatic carbocycles. The van der Waals surface area contributed by atoms with Crippen LogP contribution in [-0.2, 0) is 9.59 Å². The maximum absolute atomic E-state index is 12.5. The van der Waals surface area contributed by atoms with E-state index in [9.17, 15) is 24.5 Å². The van der Waals surface area contributed by atoms with E-state index in [2.05, 4.69) is 15.8 Å². The SMILES string of the molecule is C/C(=N\NC(=O)C(=O)Nc1ccc(C)c(C)c1)c1ccccc1OC(=O)c1ccc([N+](=O)[O-])cc1. The van der Waals surface area contributed by atoms with Gasteiger partial charge < -0.3 is 10.1 Å². The zero-order valence-corrected chi connectivity index (χ0v) is 19.2. The molecule has 0 unspecified atom stereocenters.